The molecule has 1 heterocycles. The number of rotatable bonds is 3. The van der Waals surface area contributed by atoms with Crippen LogP contribution in [0.4, 0.5) is 5.13 Å². The van der Waals surface area contributed by atoms with E-state index in [1.165, 1.54) is 11.1 Å². The zero-order chi connectivity index (χ0) is 13.9. The van der Waals surface area contributed by atoms with Crippen molar-refractivity contribution in [3.05, 3.63) is 40.4 Å². The fraction of sp³-hybridized carbons (Fsp3) is 0.333. The fourth-order valence-electron chi connectivity index (χ4n) is 2.40. The van der Waals surface area contributed by atoms with E-state index in [9.17, 15) is 0 Å². The van der Waals surface area contributed by atoms with Gasteiger partial charge in [0.05, 0.1) is 18.5 Å². The Labute approximate surface area is 122 Å². The Morgan fingerprint density at radius 3 is 3.00 bits per heavy atom. The number of fused-ring (bicyclic) bond motifs is 1. The first kappa shape index (κ1) is 13.1. The Balaban J connectivity index is 1.85. The summed E-state index contributed by atoms with van der Waals surface area (Å²) in [6.45, 7) is 1.98. The number of anilines is 1. The summed E-state index contributed by atoms with van der Waals surface area (Å²) >= 11 is 1.58. The van der Waals surface area contributed by atoms with Gasteiger partial charge in [-0.1, -0.05) is 0 Å². The molecule has 0 saturated heterocycles. The maximum Gasteiger partial charge on any atom is 0.203 e. The van der Waals surface area contributed by atoms with E-state index in [0.29, 0.717) is 0 Å². The molecule has 2 aromatic rings. The molecule has 0 amide bonds. The van der Waals surface area contributed by atoms with Crippen molar-refractivity contribution in [2.45, 2.75) is 26.2 Å². The van der Waals surface area contributed by atoms with Crippen LogP contribution in [0.25, 0.3) is 0 Å². The second-order valence-corrected chi connectivity index (χ2v) is 5.70. The van der Waals surface area contributed by atoms with Crippen LogP contribution in [0.1, 0.15) is 29.7 Å². The Kier molecular flexibility index (Phi) is 3.69. The molecule has 0 unspecified atom stereocenters. The Morgan fingerprint density at radius 1 is 1.35 bits per heavy atom. The molecule has 1 aromatic carbocycles. The van der Waals surface area contributed by atoms with Crippen LogP contribution in [0.3, 0.4) is 0 Å². The van der Waals surface area contributed by atoms with E-state index in [-0.39, 0.29) is 0 Å². The lowest BCUT2D eigenvalue weighted by molar-refractivity contribution is 0.414. The third kappa shape index (κ3) is 2.67. The van der Waals surface area contributed by atoms with Crippen LogP contribution < -0.4 is 10.2 Å². The molecular formula is C15H17N3OS. The molecule has 0 bridgehead atoms. The topological polar surface area (TPSA) is 46.5 Å². The third-order valence-corrected chi connectivity index (χ3v) is 4.25. The summed E-state index contributed by atoms with van der Waals surface area (Å²) < 4.78 is 5.28. The highest BCUT2D eigenvalue weighted by Crippen LogP contribution is 2.26. The molecule has 0 aliphatic heterocycles. The Bertz CT molecular complexity index is 648. The van der Waals surface area contributed by atoms with Crippen LogP contribution in [-0.4, -0.2) is 17.8 Å². The van der Waals surface area contributed by atoms with E-state index in [2.05, 4.69) is 27.6 Å². The number of hydrogen-bond acceptors (Lipinski definition) is 5. The monoisotopic (exact) mass is 287 g/mol. The predicted octanol–water partition coefficient (Wildman–Crippen LogP) is 3.61. The van der Waals surface area contributed by atoms with Gasteiger partial charge < -0.3 is 4.74 Å². The molecule has 0 fully saturated rings. The van der Waals surface area contributed by atoms with E-state index in [1.807, 2.05) is 18.4 Å². The van der Waals surface area contributed by atoms with E-state index in [0.717, 1.165) is 41.5 Å². The van der Waals surface area contributed by atoms with E-state index >= 15 is 0 Å². The minimum absolute atomic E-state index is 0.843. The first-order valence-electron chi connectivity index (χ1n) is 6.68. The molecule has 1 aliphatic carbocycles. The van der Waals surface area contributed by atoms with Crippen LogP contribution >= 0.6 is 11.3 Å². The molecule has 4 nitrogen and oxygen atoms in total. The quantitative estimate of drug-likeness (QED) is 0.877. The van der Waals surface area contributed by atoms with Gasteiger partial charge in [-0.3, -0.25) is 5.43 Å². The number of methoxy groups -OCH3 is 1. The van der Waals surface area contributed by atoms with Gasteiger partial charge in [-0.2, -0.15) is 5.10 Å². The van der Waals surface area contributed by atoms with Crippen LogP contribution in [0.15, 0.2) is 28.7 Å². The number of aromatic nitrogens is 1. The number of ether oxygens (including phenoxy) is 1. The van der Waals surface area contributed by atoms with Gasteiger partial charge >= 0.3 is 0 Å². The molecule has 3 rings (SSSR count). The smallest absolute Gasteiger partial charge is 0.203 e. The Morgan fingerprint density at radius 2 is 2.25 bits per heavy atom. The van der Waals surface area contributed by atoms with Gasteiger partial charge in [-0.15, -0.1) is 11.3 Å². The summed E-state index contributed by atoms with van der Waals surface area (Å²) in [5.41, 5.74) is 7.72. The lowest BCUT2D eigenvalue weighted by Crippen LogP contribution is -2.13. The molecule has 1 N–H and O–H groups in total. The molecule has 104 valence electrons. The number of nitrogens with one attached hydrogen (secondary N) is 1. The summed E-state index contributed by atoms with van der Waals surface area (Å²) in [4.78, 5) is 4.36. The second-order valence-electron chi connectivity index (χ2n) is 4.84. The number of benzene rings is 1. The van der Waals surface area contributed by atoms with Crippen LogP contribution in [0, 0.1) is 6.92 Å². The van der Waals surface area contributed by atoms with Gasteiger partial charge in [-0.25, -0.2) is 4.98 Å². The number of thiazole rings is 1. The zero-order valence-electron chi connectivity index (χ0n) is 11.6. The highest BCUT2D eigenvalue weighted by Gasteiger charge is 2.16. The molecule has 1 aromatic heterocycles. The average Bonchev–Trinajstić information content (AvgIpc) is 2.90. The van der Waals surface area contributed by atoms with E-state index < -0.39 is 0 Å². The van der Waals surface area contributed by atoms with Crippen molar-refractivity contribution in [3.63, 3.8) is 0 Å². The SMILES string of the molecule is COc1ccc2c(c1)CCC/C2=N\Nc1nc(C)cs1. The highest BCUT2D eigenvalue weighted by atomic mass is 32.1. The number of nitrogens with zero attached hydrogens (tertiary/aromatic N) is 2. The second kappa shape index (κ2) is 5.63. The van der Waals surface area contributed by atoms with Crippen molar-refractivity contribution < 1.29 is 4.74 Å². The molecule has 20 heavy (non-hydrogen) atoms. The fourth-order valence-corrected chi connectivity index (χ4v) is 3.03. The van der Waals surface area contributed by atoms with Crippen molar-refractivity contribution in [2.24, 2.45) is 5.10 Å². The Hall–Kier alpha value is -1.88. The van der Waals surface area contributed by atoms with Gasteiger partial charge in [0, 0.05) is 10.9 Å². The summed E-state index contributed by atoms with van der Waals surface area (Å²) in [6, 6.07) is 6.20. The first-order valence-corrected chi connectivity index (χ1v) is 7.56. The van der Waals surface area contributed by atoms with Crippen molar-refractivity contribution in [2.75, 3.05) is 12.5 Å². The van der Waals surface area contributed by atoms with Gasteiger partial charge in [-0.05, 0) is 49.9 Å². The molecule has 5 heteroatoms. The third-order valence-electron chi connectivity index (χ3n) is 3.39. The van der Waals surface area contributed by atoms with Crippen LogP contribution in [0.2, 0.25) is 0 Å². The normalized spacial score (nSPS) is 16.0. The summed E-state index contributed by atoms with van der Waals surface area (Å²) in [7, 11) is 1.70. The lowest BCUT2D eigenvalue weighted by Gasteiger charge is -2.18. The predicted molar refractivity (Wildman–Crippen MR) is 82.9 cm³/mol. The average molecular weight is 287 g/mol. The van der Waals surface area contributed by atoms with E-state index in [4.69, 9.17) is 4.74 Å². The lowest BCUT2D eigenvalue weighted by atomic mass is 9.90. The molecular weight excluding hydrogens is 270 g/mol. The van der Waals surface area contributed by atoms with E-state index in [1.54, 1.807) is 18.4 Å². The zero-order valence-corrected chi connectivity index (χ0v) is 12.5. The first-order chi connectivity index (χ1) is 9.76. The van der Waals surface area contributed by atoms with Gasteiger partial charge in [0.25, 0.3) is 0 Å². The van der Waals surface area contributed by atoms with Gasteiger partial charge in [0.1, 0.15) is 5.75 Å². The van der Waals surface area contributed by atoms with Gasteiger partial charge in [0.2, 0.25) is 5.13 Å². The molecule has 0 saturated carbocycles. The molecule has 0 atom stereocenters. The molecule has 1 aliphatic rings. The minimum Gasteiger partial charge on any atom is -0.497 e. The van der Waals surface area contributed by atoms with Crippen molar-refractivity contribution in [1.82, 2.24) is 4.98 Å². The van der Waals surface area contributed by atoms with Crippen LogP contribution in [-0.2, 0) is 6.42 Å². The highest BCUT2D eigenvalue weighted by molar-refractivity contribution is 7.13. The van der Waals surface area contributed by atoms with Crippen molar-refractivity contribution >= 4 is 22.2 Å². The van der Waals surface area contributed by atoms with Crippen molar-refractivity contribution in [3.8, 4) is 5.75 Å². The molecule has 0 radical (unpaired) electrons. The summed E-state index contributed by atoms with van der Waals surface area (Å²) in [6.07, 6.45) is 3.20. The van der Waals surface area contributed by atoms with Gasteiger partial charge in [0.15, 0.2) is 0 Å². The number of hydrazone groups is 1. The number of hydrogen-bond donors (Lipinski definition) is 1. The summed E-state index contributed by atoms with van der Waals surface area (Å²) in [5.74, 6) is 0.911. The van der Waals surface area contributed by atoms with Crippen molar-refractivity contribution in [1.29, 1.82) is 0 Å². The van der Waals surface area contributed by atoms with Crippen LogP contribution in [0.5, 0.6) is 5.75 Å². The molecule has 0 spiro atoms. The number of aryl methyl sites for hydroxylation is 2. The summed E-state index contributed by atoms with van der Waals surface area (Å²) in [5, 5.41) is 7.40. The standard InChI is InChI=1S/C15H17N3OS/c1-10-9-20-15(16-10)18-17-14-5-3-4-11-8-12(19-2)6-7-13(11)14/h6-9H,3-5H2,1-2H3,(H,16,18)/b17-14+. The minimum atomic E-state index is 0.843. The largest absolute Gasteiger partial charge is 0.497 e. The maximum absolute atomic E-state index is 5.28. The maximum atomic E-state index is 5.28.